The largest absolute Gasteiger partial charge is 0.364 e. The van der Waals surface area contributed by atoms with E-state index >= 15 is 0 Å². The Morgan fingerprint density at radius 2 is 2.47 bits per heavy atom. The van der Waals surface area contributed by atoms with E-state index in [4.69, 9.17) is 5.73 Å². The lowest BCUT2D eigenvalue weighted by molar-refractivity contribution is 0.106. The van der Waals surface area contributed by atoms with Gasteiger partial charge in [-0.05, 0) is 38.4 Å². The normalized spacial score (nSPS) is 25.3. The highest BCUT2D eigenvalue weighted by Gasteiger charge is 2.26. The second-order valence-corrected chi connectivity index (χ2v) is 4.42. The Balaban J connectivity index is 2.07. The smallest absolute Gasteiger partial charge is 0.0473 e. The number of nitrogens with zero attached hydrogens (tertiary/aromatic N) is 1. The number of piperidine rings is 1. The third kappa shape index (κ3) is 2.24. The quantitative estimate of drug-likeness (QED) is 0.795. The number of hydrogen-bond acceptors (Lipinski definition) is 2. The number of H-pyrrole nitrogens is 1. The van der Waals surface area contributed by atoms with Gasteiger partial charge in [-0.15, -0.1) is 0 Å². The highest BCUT2D eigenvalue weighted by atomic mass is 15.2. The van der Waals surface area contributed by atoms with Gasteiger partial charge in [-0.1, -0.05) is 6.42 Å². The number of likely N-dealkylation sites (tertiary alicyclic amines) is 1. The van der Waals surface area contributed by atoms with Gasteiger partial charge in [-0.25, -0.2) is 0 Å². The Morgan fingerprint density at radius 3 is 3.13 bits per heavy atom. The predicted octanol–water partition coefficient (Wildman–Crippen LogP) is 1.89. The molecule has 2 heterocycles. The molecule has 0 aliphatic carbocycles. The summed E-state index contributed by atoms with van der Waals surface area (Å²) in [5.41, 5.74) is 7.13. The molecule has 3 heteroatoms. The van der Waals surface area contributed by atoms with E-state index < -0.39 is 0 Å². The fourth-order valence-corrected chi connectivity index (χ4v) is 2.57. The summed E-state index contributed by atoms with van der Waals surface area (Å²) in [7, 11) is 0. The monoisotopic (exact) mass is 207 g/mol. The molecule has 0 radical (unpaired) electrons. The average Bonchev–Trinajstić information content (AvgIpc) is 2.81. The molecule has 1 saturated heterocycles. The molecule has 3 nitrogen and oxygen atoms in total. The molecule has 1 aromatic heterocycles. The fraction of sp³-hybridized carbons (Fsp3) is 0.667. The Kier molecular flexibility index (Phi) is 3.44. The Labute approximate surface area is 91.7 Å². The summed E-state index contributed by atoms with van der Waals surface area (Å²) in [5, 5.41) is 0. The maximum atomic E-state index is 5.83. The van der Waals surface area contributed by atoms with Gasteiger partial charge < -0.3 is 10.7 Å². The van der Waals surface area contributed by atoms with Crippen LogP contribution in [-0.2, 0) is 0 Å². The lowest BCUT2D eigenvalue weighted by atomic mass is 9.99. The predicted molar refractivity (Wildman–Crippen MR) is 62.6 cm³/mol. The fourth-order valence-electron chi connectivity index (χ4n) is 2.57. The van der Waals surface area contributed by atoms with Crippen LogP contribution < -0.4 is 5.73 Å². The van der Waals surface area contributed by atoms with Crippen molar-refractivity contribution in [3.05, 3.63) is 24.0 Å². The standard InChI is InChI=1S/C12H21N3/c1-10(12-6-4-7-14-12)15-8-3-2-5-11(15)9-13/h4,6-7,10-11,14H,2-3,5,8-9,13H2,1H3. The van der Waals surface area contributed by atoms with Crippen LogP contribution in [0.15, 0.2) is 18.3 Å². The summed E-state index contributed by atoms with van der Waals surface area (Å²) in [6, 6.07) is 5.26. The first-order valence-corrected chi connectivity index (χ1v) is 5.92. The molecule has 0 spiro atoms. The van der Waals surface area contributed by atoms with Crippen molar-refractivity contribution < 1.29 is 0 Å². The molecular weight excluding hydrogens is 186 g/mol. The van der Waals surface area contributed by atoms with Crippen molar-refractivity contribution in [2.45, 2.75) is 38.3 Å². The van der Waals surface area contributed by atoms with Gasteiger partial charge in [0.15, 0.2) is 0 Å². The highest BCUT2D eigenvalue weighted by Crippen LogP contribution is 2.26. The van der Waals surface area contributed by atoms with E-state index in [1.807, 2.05) is 6.20 Å². The van der Waals surface area contributed by atoms with Crippen LogP contribution in [0, 0.1) is 0 Å². The summed E-state index contributed by atoms with van der Waals surface area (Å²) >= 11 is 0. The van der Waals surface area contributed by atoms with Crippen molar-refractivity contribution in [2.75, 3.05) is 13.1 Å². The van der Waals surface area contributed by atoms with Crippen LogP contribution in [-0.4, -0.2) is 29.0 Å². The third-order valence-electron chi connectivity index (χ3n) is 3.51. The van der Waals surface area contributed by atoms with E-state index in [0.717, 1.165) is 6.54 Å². The van der Waals surface area contributed by atoms with E-state index in [0.29, 0.717) is 12.1 Å². The van der Waals surface area contributed by atoms with Gasteiger partial charge in [0, 0.05) is 30.5 Å². The Hall–Kier alpha value is -0.800. The molecule has 2 rings (SSSR count). The minimum atomic E-state index is 0.467. The molecule has 0 bridgehead atoms. The number of rotatable bonds is 3. The molecular formula is C12H21N3. The van der Waals surface area contributed by atoms with Crippen LogP contribution in [0.2, 0.25) is 0 Å². The molecule has 0 amide bonds. The van der Waals surface area contributed by atoms with E-state index in [2.05, 4.69) is 28.9 Å². The van der Waals surface area contributed by atoms with E-state index in [9.17, 15) is 0 Å². The molecule has 1 fully saturated rings. The lowest BCUT2D eigenvalue weighted by Crippen LogP contribution is -2.45. The first kappa shape index (κ1) is 10.7. The average molecular weight is 207 g/mol. The molecule has 2 unspecified atom stereocenters. The van der Waals surface area contributed by atoms with Crippen LogP contribution in [0.1, 0.15) is 37.9 Å². The number of hydrogen-bond donors (Lipinski definition) is 2. The molecule has 2 atom stereocenters. The topological polar surface area (TPSA) is 45.0 Å². The Morgan fingerprint density at radius 1 is 1.60 bits per heavy atom. The summed E-state index contributed by atoms with van der Waals surface area (Å²) in [4.78, 5) is 5.83. The number of aromatic amines is 1. The maximum Gasteiger partial charge on any atom is 0.0473 e. The molecule has 84 valence electrons. The van der Waals surface area contributed by atoms with Gasteiger partial charge in [-0.2, -0.15) is 0 Å². The van der Waals surface area contributed by atoms with E-state index in [1.54, 1.807) is 0 Å². The van der Waals surface area contributed by atoms with E-state index in [1.165, 1.54) is 31.5 Å². The van der Waals surface area contributed by atoms with Crippen molar-refractivity contribution >= 4 is 0 Å². The van der Waals surface area contributed by atoms with Gasteiger partial charge in [0.05, 0.1) is 0 Å². The molecule has 1 aliphatic rings. The van der Waals surface area contributed by atoms with Gasteiger partial charge in [-0.3, -0.25) is 4.90 Å². The minimum Gasteiger partial charge on any atom is -0.364 e. The van der Waals surface area contributed by atoms with Crippen molar-refractivity contribution in [1.82, 2.24) is 9.88 Å². The van der Waals surface area contributed by atoms with Gasteiger partial charge in [0.2, 0.25) is 0 Å². The number of aromatic nitrogens is 1. The Bertz CT molecular complexity index is 281. The van der Waals surface area contributed by atoms with Gasteiger partial charge in [0.1, 0.15) is 0 Å². The molecule has 15 heavy (non-hydrogen) atoms. The summed E-state index contributed by atoms with van der Waals surface area (Å²) in [5.74, 6) is 0. The van der Waals surface area contributed by atoms with Crippen molar-refractivity contribution in [2.24, 2.45) is 5.73 Å². The molecule has 1 aromatic rings. The lowest BCUT2D eigenvalue weighted by Gasteiger charge is -2.39. The minimum absolute atomic E-state index is 0.467. The summed E-state index contributed by atoms with van der Waals surface area (Å²) in [6.45, 7) is 4.23. The van der Waals surface area contributed by atoms with Crippen molar-refractivity contribution in [1.29, 1.82) is 0 Å². The first-order valence-electron chi connectivity index (χ1n) is 5.92. The van der Waals surface area contributed by atoms with Crippen LogP contribution in [0.4, 0.5) is 0 Å². The van der Waals surface area contributed by atoms with Crippen LogP contribution >= 0.6 is 0 Å². The zero-order valence-electron chi connectivity index (χ0n) is 9.45. The van der Waals surface area contributed by atoms with Crippen LogP contribution in [0.3, 0.4) is 0 Å². The second-order valence-electron chi connectivity index (χ2n) is 4.42. The van der Waals surface area contributed by atoms with Crippen LogP contribution in [0.5, 0.6) is 0 Å². The van der Waals surface area contributed by atoms with Crippen molar-refractivity contribution in [3.8, 4) is 0 Å². The third-order valence-corrected chi connectivity index (χ3v) is 3.51. The summed E-state index contributed by atoms with van der Waals surface area (Å²) < 4.78 is 0. The first-order chi connectivity index (χ1) is 7.33. The summed E-state index contributed by atoms with van der Waals surface area (Å²) in [6.07, 6.45) is 5.88. The zero-order chi connectivity index (χ0) is 10.7. The van der Waals surface area contributed by atoms with Gasteiger partial charge >= 0.3 is 0 Å². The molecule has 0 aromatic carbocycles. The molecule has 1 aliphatic heterocycles. The van der Waals surface area contributed by atoms with Gasteiger partial charge in [0.25, 0.3) is 0 Å². The number of nitrogens with one attached hydrogen (secondary N) is 1. The van der Waals surface area contributed by atoms with Crippen LogP contribution in [0.25, 0.3) is 0 Å². The van der Waals surface area contributed by atoms with E-state index in [-0.39, 0.29) is 0 Å². The zero-order valence-corrected chi connectivity index (χ0v) is 9.45. The highest BCUT2D eigenvalue weighted by molar-refractivity contribution is 5.09. The van der Waals surface area contributed by atoms with Crippen molar-refractivity contribution in [3.63, 3.8) is 0 Å². The molecule has 0 saturated carbocycles. The molecule has 3 N–H and O–H groups in total. The number of nitrogens with two attached hydrogens (primary N) is 1. The SMILES string of the molecule is CC(c1ccc[nH]1)N1CCCCC1CN. The maximum absolute atomic E-state index is 5.83. The second kappa shape index (κ2) is 4.81.